The van der Waals surface area contributed by atoms with Gasteiger partial charge in [-0.15, -0.1) is 0 Å². The van der Waals surface area contributed by atoms with Crippen LogP contribution in [-0.2, 0) is 20.1 Å². The van der Waals surface area contributed by atoms with Crippen molar-refractivity contribution >= 4 is 16.9 Å². The van der Waals surface area contributed by atoms with Gasteiger partial charge < -0.3 is 14.8 Å². The molecule has 0 radical (unpaired) electrons. The number of carbonyl (C=O) groups is 1. The predicted molar refractivity (Wildman–Crippen MR) is 108 cm³/mol. The summed E-state index contributed by atoms with van der Waals surface area (Å²) in [5.74, 6) is -0.266. The SMILES string of the molecule is Cn1cc(CN2CCN(C(=O)NCc3ccc(F)cc3)CC2)c2ccccc21. The van der Waals surface area contributed by atoms with E-state index in [2.05, 4.69) is 52.3 Å². The number of halogens is 1. The number of benzene rings is 2. The van der Waals surface area contributed by atoms with Crippen molar-refractivity contribution in [1.82, 2.24) is 19.7 Å². The quantitative estimate of drug-likeness (QED) is 0.754. The standard InChI is InChI=1S/C22H25FN4O/c1-25-15-18(20-4-2-3-5-21(20)25)16-26-10-12-27(13-11-26)22(28)24-14-17-6-8-19(23)9-7-17/h2-9,15H,10-14,16H2,1H3,(H,24,28). The number of carbonyl (C=O) groups excluding carboxylic acids is 1. The summed E-state index contributed by atoms with van der Waals surface area (Å²) >= 11 is 0. The molecule has 1 N–H and O–H groups in total. The molecule has 28 heavy (non-hydrogen) atoms. The average Bonchev–Trinajstić information content (AvgIpc) is 3.04. The Morgan fingerprint density at radius 1 is 1.04 bits per heavy atom. The first-order chi connectivity index (χ1) is 13.6. The van der Waals surface area contributed by atoms with Gasteiger partial charge in [0.2, 0.25) is 0 Å². The smallest absolute Gasteiger partial charge is 0.317 e. The van der Waals surface area contributed by atoms with Crippen LogP contribution in [0.2, 0.25) is 0 Å². The summed E-state index contributed by atoms with van der Waals surface area (Å²) < 4.78 is 15.1. The van der Waals surface area contributed by atoms with Crippen molar-refractivity contribution in [3.8, 4) is 0 Å². The van der Waals surface area contributed by atoms with Gasteiger partial charge in [0.15, 0.2) is 0 Å². The van der Waals surface area contributed by atoms with Gasteiger partial charge in [-0.1, -0.05) is 30.3 Å². The van der Waals surface area contributed by atoms with E-state index < -0.39 is 0 Å². The van der Waals surface area contributed by atoms with Crippen LogP contribution >= 0.6 is 0 Å². The van der Waals surface area contributed by atoms with Crippen molar-refractivity contribution in [3.63, 3.8) is 0 Å². The Morgan fingerprint density at radius 2 is 1.75 bits per heavy atom. The maximum Gasteiger partial charge on any atom is 0.317 e. The van der Waals surface area contributed by atoms with Crippen molar-refractivity contribution in [2.45, 2.75) is 13.1 Å². The topological polar surface area (TPSA) is 40.5 Å². The van der Waals surface area contributed by atoms with Crippen molar-refractivity contribution in [2.24, 2.45) is 7.05 Å². The normalized spacial score (nSPS) is 15.1. The first-order valence-electron chi connectivity index (χ1n) is 9.62. The minimum absolute atomic E-state index is 0.0610. The van der Waals surface area contributed by atoms with Crippen LogP contribution in [0.1, 0.15) is 11.1 Å². The molecule has 146 valence electrons. The highest BCUT2D eigenvalue weighted by atomic mass is 19.1. The van der Waals surface area contributed by atoms with Gasteiger partial charge in [-0.2, -0.15) is 0 Å². The lowest BCUT2D eigenvalue weighted by atomic mass is 10.1. The van der Waals surface area contributed by atoms with Gasteiger partial charge in [0.1, 0.15) is 5.82 Å². The molecule has 1 aliphatic rings. The van der Waals surface area contributed by atoms with Crippen LogP contribution in [0.4, 0.5) is 9.18 Å². The third kappa shape index (κ3) is 4.02. The Hall–Kier alpha value is -2.86. The highest BCUT2D eigenvalue weighted by Gasteiger charge is 2.21. The predicted octanol–water partition coefficient (Wildman–Crippen LogP) is 3.34. The molecule has 2 amide bonds. The summed E-state index contributed by atoms with van der Waals surface area (Å²) in [5, 5.41) is 4.22. The molecule has 1 aromatic heterocycles. The molecule has 1 fully saturated rings. The summed E-state index contributed by atoms with van der Waals surface area (Å²) in [6.07, 6.45) is 2.20. The molecule has 4 rings (SSSR count). The number of para-hydroxylation sites is 1. The van der Waals surface area contributed by atoms with Crippen LogP contribution in [0.25, 0.3) is 10.9 Å². The van der Waals surface area contributed by atoms with Crippen molar-refractivity contribution in [1.29, 1.82) is 0 Å². The molecular weight excluding hydrogens is 355 g/mol. The van der Waals surface area contributed by atoms with E-state index in [4.69, 9.17) is 0 Å². The second kappa shape index (κ2) is 8.02. The molecule has 6 heteroatoms. The number of fused-ring (bicyclic) bond motifs is 1. The minimum Gasteiger partial charge on any atom is -0.350 e. The summed E-state index contributed by atoms with van der Waals surface area (Å²) in [4.78, 5) is 16.6. The lowest BCUT2D eigenvalue weighted by Crippen LogP contribution is -2.51. The highest BCUT2D eigenvalue weighted by molar-refractivity contribution is 5.83. The lowest BCUT2D eigenvalue weighted by molar-refractivity contribution is 0.135. The third-order valence-corrected chi connectivity index (χ3v) is 5.39. The number of rotatable bonds is 4. The van der Waals surface area contributed by atoms with Crippen molar-refractivity contribution < 1.29 is 9.18 Å². The summed E-state index contributed by atoms with van der Waals surface area (Å²) in [5.41, 5.74) is 3.47. The van der Waals surface area contributed by atoms with Crippen molar-refractivity contribution in [2.75, 3.05) is 26.2 Å². The molecule has 5 nitrogen and oxygen atoms in total. The van der Waals surface area contributed by atoms with E-state index in [0.717, 1.165) is 25.2 Å². The van der Waals surface area contributed by atoms with E-state index in [1.807, 2.05) is 4.90 Å². The van der Waals surface area contributed by atoms with Crippen LogP contribution in [-0.4, -0.2) is 46.6 Å². The van der Waals surface area contributed by atoms with Gasteiger partial charge in [0.05, 0.1) is 0 Å². The Labute approximate surface area is 164 Å². The zero-order valence-corrected chi connectivity index (χ0v) is 16.1. The molecule has 0 bridgehead atoms. The fraction of sp³-hybridized carbons (Fsp3) is 0.318. The number of aryl methyl sites for hydroxylation is 1. The van der Waals surface area contributed by atoms with E-state index >= 15 is 0 Å². The molecule has 2 heterocycles. The van der Waals surface area contributed by atoms with E-state index in [1.165, 1.54) is 28.6 Å². The number of amides is 2. The first-order valence-corrected chi connectivity index (χ1v) is 9.62. The number of piperazine rings is 1. The number of nitrogens with one attached hydrogen (secondary N) is 1. The second-order valence-electron chi connectivity index (χ2n) is 7.33. The molecule has 2 aromatic carbocycles. The van der Waals surface area contributed by atoms with Crippen LogP contribution < -0.4 is 5.32 Å². The largest absolute Gasteiger partial charge is 0.350 e. The zero-order chi connectivity index (χ0) is 19.5. The van der Waals surface area contributed by atoms with E-state index in [-0.39, 0.29) is 11.8 Å². The molecule has 0 aliphatic carbocycles. The molecular formula is C22H25FN4O. The van der Waals surface area contributed by atoms with Gasteiger partial charge >= 0.3 is 6.03 Å². The number of aromatic nitrogens is 1. The first kappa shape index (κ1) is 18.5. The zero-order valence-electron chi connectivity index (χ0n) is 16.1. The van der Waals surface area contributed by atoms with Gasteiger partial charge in [-0.3, -0.25) is 4.90 Å². The minimum atomic E-state index is -0.266. The van der Waals surface area contributed by atoms with E-state index in [9.17, 15) is 9.18 Å². The van der Waals surface area contributed by atoms with Crippen LogP contribution in [0.3, 0.4) is 0 Å². The molecule has 3 aromatic rings. The Balaban J connectivity index is 1.29. The highest BCUT2D eigenvalue weighted by Crippen LogP contribution is 2.22. The summed E-state index contributed by atoms with van der Waals surface area (Å²) in [6, 6.07) is 14.6. The fourth-order valence-electron chi connectivity index (χ4n) is 3.79. The third-order valence-electron chi connectivity index (χ3n) is 5.39. The molecule has 1 aliphatic heterocycles. The van der Waals surface area contributed by atoms with Crippen LogP contribution in [0.5, 0.6) is 0 Å². The Morgan fingerprint density at radius 3 is 2.50 bits per heavy atom. The maximum atomic E-state index is 13.0. The molecule has 0 spiro atoms. The molecule has 1 saturated heterocycles. The molecule has 0 unspecified atom stereocenters. The van der Waals surface area contributed by atoms with Gasteiger partial charge in [0, 0.05) is 63.4 Å². The lowest BCUT2D eigenvalue weighted by Gasteiger charge is -2.34. The monoisotopic (exact) mass is 380 g/mol. The average molecular weight is 380 g/mol. The van der Waals surface area contributed by atoms with Gasteiger partial charge in [-0.25, -0.2) is 9.18 Å². The second-order valence-corrected chi connectivity index (χ2v) is 7.33. The molecule has 0 saturated carbocycles. The van der Waals surface area contributed by atoms with E-state index in [0.29, 0.717) is 19.6 Å². The number of hydrogen-bond acceptors (Lipinski definition) is 2. The Kier molecular flexibility index (Phi) is 5.30. The number of urea groups is 1. The Bertz CT molecular complexity index is 958. The summed E-state index contributed by atoms with van der Waals surface area (Å²) in [7, 11) is 2.08. The number of hydrogen-bond donors (Lipinski definition) is 1. The van der Waals surface area contributed by atoms with Gasteiger partial charge in [-0.05, 0) is 29.3 Å². The summed E-state index contributed by atoms with van der Waals surface area (Å²) in [6.45, 7) is 4.43. The fourth-order valence-corrected chi connectivity index (χ4v) is 3.79. The van der Waals surface area contributed by atoms with Crippen molar-refractivity contribution in [3.05, 3.63) is 71.7 Å². The maximum absolute atomic E-state index is 13.0. The number of nitrogens with zero attached hydrogens (tertiary/aromatic N) is 3. The van der Waals surface area contributed by atoms with Crippen LogP contribution in [0.15, 0.2) is 54.7 Å². The molecule has 0 atom stereocenters. The van der Waals surface area contributed by atoms with Gasteiger partial charge in [0.25, 0.3) is 0 Å². The van der Waals surface area contributed by atoms with Crippen LogP contribution in [0, 0.1) is 5.82 Å². The van der Waals surface area contributed by atoms with E-state index in [1.54, 1.807) is 12.1 Å².